The van der Waals surface area contributed by atoms with Crippen molar-refractivity contribution in [3.05, 3.63) is 82.4 Å². The third-order valence-corrected chi connectivity index (χ3v) is 8.25. The lowest BCUT2D eigenvalue weighted by atomic mass is 9.81. The third kappa shape index (κ3) is 5.61. The van der Waals surface area contributed by atoms with Gasteiger partial charge in [0.05, 0.1) is 19.1 Å². The molecule has 8 heteroatoms. The van der Waals surface area contributed by atoms with E-state index >= 15 is 0 Å². The fraction of sp³-hybridized carbons (Fsp3) is 0.394. The largest absolute Gasteiger partial charge is 0.494 e. The summed E-state index contributed by atoms with van der Waals surface area (Å²) in [5.74, 6) is -0.172. The Morgan fingerprint density at radius 1 is 1.00 bits per heavy atom. The summed E-state index contributed by atoms with van der Waals surface area (Å²) < 4.78 is 16.9. The number of nitrogens with zero attached hydrogens (tertiary/aromatic N) is 1. The number of hydrogen-bond donors (Lipinski definition) is 2. The molecule has 5 rings (SSSR count). The van der Waals surface area contributed by atoms with Crippen LogP contribution in [0.25, 0.3) is 0 Å². The van der Waals surface area contributed by atoms with E-state index in [4.69, 9.17) is 14.2 Å². The number of nitrogens with one attached hydrogen (secondary N) is 1. The summed E-state index contributed by atoms with van der Waals surface area (Å²) in [5.41, 5.74) is 5.62. The Hall–Kier alpha value is -4.04. The Morgan fingerprint density at radius 3 is 2.34 bits per heavy atom. The number of para-hydroxylation sites is 1. The number of carbonyl (C=O) groups excluding carboxylic acids is 1. The Balaban J connectivity index is 1.51. The first-order valence-corrected chi connectivity index (χ1v) is 14.3. The second-order valence-corrected chi connectivity index (χ2v) is 10.6. The van der Waals surface area contributed by atoms with E-state index in [1.807, 2.05) is 73.3 Å². The van der Waals surface area contributed by atoms with Crippen molar-refractivity contribution in [1.29, 1.82) is 0 Å². The summed E-state index contributed by atoms with van der Waals surface area (Å²) >= 11 is 0. The monoisotopic (exact) mass is 558 g/mol. The minimum absolute atomic E-state index is 0.0585. The highest BCUT2D eigenvalue weighted by Crippen LogP contribution is 2.49. The molecule has 1 saturated heterocycles. The van der Waals surface area contributed by atoms with Crippen LogP contribution < -0.4 is 19.5 Å². The van der Waals surface area contributed by atoms with Crippen molar-refractivity contribution in [2.75, 3.05) is 31.8 Å². The van der Waals surface area contributed by atoms with Crippen molar-refractivity contribution in [2.45, 2.75) is 52.5 Å². The number of benzene rings is 3. The van der Waals surface area contributed by atoms with Gasteiger partial charge in [0.25, 0.3) is 0 Å². The predicted octanol–water partition coefficient (Wildman–Crippen LogP) is 5.73. The van der Waals surface area contributed by atoms with Gasteiger partial charge >= 0.3 is 5.97 Å². The Bertz CT molecular complexity index is 1400. The number of aryl methyl sites for hydroxylation is 2. The topological polar surface area (TPSA) is 97.3 Å². The molecule has 0 aromatic heterocycles. The molecule has 0 saturated carbocycles. The van der Waals surface area contributed by atoms with Crippen LogP contribution in [0.1, 0.15) is 60.5 Å². The molecule has 1 unspecified atom stereocenters. The highest BCUT2D eigenvalue weighted by atomic mass is 16.7. The molecule has 216 valence electrons. The van der Waals surface area contributed by atoms with E-state index < -0.39 is 17.9 Å². The third-order valence-electron chi connectivity index (χ3n) is 8.25. The fourth-order valence-electron chi connectivity index (χ4n) is 6.33. The van der Waals surface area contributed by atoms with Crippen LogP contribution in [0.5, 0.6) is 17.2 Å². The molecule has 41 heavy (non-hydrogen) atoms. The second-order valence-electron chi connectivity index (χ2n) is 10.6. The molecule has 2 N–H and O–H groups in total. The van der Waals surface area contributed by atoms with Crippen molar-refractivity contribution in [3.8, 4) is 17.2 Å². The summed E-state index contributed by atoms with van der Waals surface area (Å²) in [4.78, 5) is 28.6. The first-order valence-electron chi connectivity index (χ1n) is 14.3. The summed E-state index contributed by atoms with van der Waals surface area (Å²) in [6, 6.07) is 16.9. The van der Waals surface area contributed by atoms with Gasteiger partial charge < -0.3 is 24.6 Å². The van der Waals surface area contributed by atoms with Gasteiger partial charge in [0.1, 0.15) is 5.75 Å². The van der Waals surface area contributed by atoms with Gasteiger partial charge in [-0.15, -0.1) is 0 Å². The van der Waals surface area contributed by atoms with Crippen molar-refractivity contribution in [3.63, 3.8) is 0 Å². The zero-order valence-electron chi connectivity index (χ0n) is 24.1. The molecular formula is C33H38N2O6. The smallest absolute Gasteiger partial charge is 0.309 e. The first kappa shape index (κ1) is 28.5. The molecule has 2 heterocycles. The van der Waals surface area contributed by atoms with Crippen LogP contribution in [0.3, 0.4) is 0 Å². The SMILES string of the molecule is CCOc1ccc([C@H]2C(C(=O)O)[C@@H](c3ccc4c(c3C)OCO4)CN2CC(=O)Nc2c(CC)cccc2CC)cc1. The number of anilines is 1. The van der Waals surface area contributed by atoms with Crippen LogP contribution >= 0.6 is 0 Å². The highest BCUT2D eigenvalue weighted by molar-refractivity contribution is 5.94. The molecule has 0 aliphatic carbocycles. The molecule has 0 bridgehead atoms. The van der Waals surface area contributed by atoms with Crippen LogP contribution in [0.15, 0.2) is 54.6 Å². The van der Waals surface area contributed by atoms with Crippen LogP contribution in [0.2, 0.25) is 0 Å². The number of carbonyl (C=O) groups is 2. The molecule has 8 nitrogen and oxygen atoms in total. The number of likely N-dealkylation sites (tertiary alicyclic amines) is 1. The number of carboxylic acids is 1. The van der Waals surface area contributed by atoms with Crippen molar-refractivity contribution < 1.29 is 28.9 Å². The van der Waals surface area contributed by atoms with Gasteiger partial charge in [0, 0.05) is 24.2 Å². The average molecular weight is 559 g/mol. The zero-order chi connectivity index (χ0) is 29.1. The maximum Gasteiger partial charge on any atom is 0.309 e. The molecule has 1 amide bonds. The summed E-state index contributed by atoms with van der Waals surface area (Å²) in [7, 11) is 0. The number of aliphatic carboxylic acids is 1. The van der Waals surface area contributed by atoms with Gasteiger partial charge in [-0.25, -0.2) is 0 Å². The van der Waals surface area contributed by atoms with Crippen LogP contribution in [0, 0.1) is 12.8 Å². The lowest BCUT2D eigenvalue weighted by Crippen LogP contribution is -2.35. The van der Waals surface area contributed by atoms with Crippen molar-refractivity contribution >= 4 is 17.6 Å². The van der Waals surface area contributed by atoms with Gasteiger partial charge in [-0.1, -0.05) is 50.2 Å². The summed E-state index contributed by atoms with van der Waals surface area (Å²) in [5, 5.41) is 13.8. The molecule has 2 aliphatic rings. The highest BCUT2D eigenvalue weighted by Gasteiger charge is 2.48. The zero-order valence-corrected chi connectivity index (χ0v) is 24.1. The van der Waals surface area contributed by atoms with E-state index in [0.717, 1.165) is 52.1 Å². The maximum absolute atomic E-state index is 13.6. The summed E-state index contributed by atoms with van der Waals surface area (Å²) in [6.07, 6.45) is 1.60. The second kappa shape index (κ2) is 12.2. The number of ether oxygens (including phenoxy) is 3. The molecular weight excluding hydrogens is 520 g/mol. The predicted molar refractivity (Wildman–Crippen MR) is 157 cm³/mol. The molecule has 2 aliphatic heterocycles. The van der Waals surface area contributed by atoms with E-state index in [2.05, 4.69) is 19.2 Å². The quantitative estimate of drug-likeness (QED) is 0.328. The van der Waals surface area contributed by atoms with Crippen molar-refractivity contribution in [1.82, 2.24) is 4.90 Å². The van der Waals surface area contributed by atoms with E-state index in [1.165, 1.54) is 0 Å². The van der Waals surface area contributed by atoms with Crippen molar-refractivity contribution in [2.24, 2.45) is 5.92 Å². The van der Waals surface area contributed by atoms with Crippen LogP contribution in [-0.2, 0) is 22.4 Å². The summed E-state index contributed by atoms with van der Waals surface area (Å²) in [6.45, 7) is 9.15. The number of hydrogen-bond acceptors (Lipinski definition) is 6. The molecule has 0 radical (unpaired) electrons. The lowest BCUT2D eigenvalue weighted by molar-refractivity contribution is -0.143. The first-order chi connectivity index (χ1) is 19.9. The van der Waals surface area contributed by atoms with Crippen LogP contribution in [-0.4, -0.2) is 48.4 Å². The molecule has 0 spiro atoms. The number of amides is 1. The minimum Gasteiger partial charge on any atom is -0.494 e. The Labute approximate surface area is 241 Å². The van der Waals surface area contributed by atoms with Gasteiger partial charge in [0.15, 0.2) is 11.5 Å². The molecule has 3 aromatic rings. The van der Waals surface area contributed by atoms with E-state index in [-0.39, 0.29) is 25.2 Å². The number of carboxylic acid groups (broad SMARTS) is 1. The number of fused-ring (bicyclic) bond motifs is 1. The van der Waals surface area contributed by atoms with Gasteiger partial charge in [-0.05, 0) is 72.7 Å². The normalized spacial score (nSPS) is 19.8. The standard InChI is InChI=1S/C33H38N2O6/c1-5-21-9-8-10-22(6-2)30(21)34-28(36)18-35-17-26(25-15-16-27-32(20(25)4)41-19-40-27)29(33(37)38)31(35)23-11-13-24(14-12-23)39-7-3/h8-16,26,29,31H,5-7,17-19H2,1-4H3,(H,34,36)(H,37,38)/t26-,29?,31+/m1/s1. The van der Waals surface area contributed by atoms with Gasteiger partial charge in [-0.2, -0.15) is 0 Å². The van der Waals surface area contributed by atoms with Gasteiger partial charge in [-0.3, -0.25) is 14.5 Å². The van der Waals surface area contributed by atoms with E-state index in [1.54, 1.807) is 0 Å². The van der Waals surface area contributed by atoms with E-state index in [0.29, 0.717) is 24.7 Å². The number of rotatable bonds is 10. The Kier molecular flexibility index (Phi) is 8.49. The average Bonchev–Trinajstić information content (AvgIpc) is 3.59. The maximum atomic E-state index is 13.6. The van der Waals surface area contributed by atoms with E-state index in [9.17, 15) is 14.7 Å². The van der Waals surface area contributed by atoms with Crippen LogP contribution in [0.4, 0.5) is 5.69 Å². The minimum atomic E-state index is -0.904. The molecule has 3 atom stereocenters. The fourth-order valence-corrected chi connectivity index (χ4v) is 6.33. The molecule has 3 aromatic carbocycles. The molecule has 1 fully saturated rings. The lowest BCUT2D eigenvalue weighted by Gasteiger charge is -2.27. The Morgan fingerprint density at radius 2 is 1.71 bits per heavy atom. The van der Waals surface area contributed by atoms with Gasteiger partial charge in [0.2, 0.25) is 12.7 Å².